The molecule has 1 N–H and O–H groups in total. The Morgan fingerprint density at radius 1 is 0.853 bits per heavy atom. The second-order valence-corrected chi connectivity index (χ2v) is 8.79. The molecule has 5 rings (SSSR count). The van der Waals surface area contributed by atoms with Crippen LogP contribution in [0.5, 0.6) is 5.75 Å². The number of hydrogen-bond acceptors (Lipinski definition) is 5. The fourth-order valence-electron chi connectivity index (χ4n) is 3.71. The fraction of sp³-hybridized carbons (Fsp3) is 0.0714. The van der Waals surface area contributed by atoms with Gasteiger partial charge in [-0.3, -0.25) is 9.69 Å². The molecule has 6 heteroatoms. The van der Waals surface area contributed by atoms with Gasteiger partial charge in [-0.05, 0) is 47.5 Å². The zero-order valence-electron chi connectivity index (χ0n) is 18.4. The highest BCUT2D eigenvalue weighted by Crippen LogP contribution is 2.47. The molecule has 1 amide bonds. The Labute approximate surface area is 203 Å². The van der Waals surface area contributed by atoms with Gasteiger partial charge in [0.1, 0.15) is 18.9 Å². The number of carbonyl (C=O) groups excluding carboxylic acids is 1. The molecular weight excluding hydrogens is 442 g/mol. The molecule has 0 saturated heterocycles. The van der Waals surface area contributed by atoms with Gasteiger partial charge in [0.15, 0.2) is 0 Å². The van der Waals surface area contributed by atoms with Crippen molar-refractivity contribution in [3.63, 3.8) is 0 Å². The van der Waals surface area contributed by atoms with Crippen LogP contribution in [-0.4, -0.2) is 18.7 Å². The third kappa shape index (κ3) is 4.97. The smallest absolute Gasteiger partial charge is 0.252 e. The first-order valence-corrected chi connectivity index (χ1v) is 11.8. The Morgan fingerprint density at radius 2 is 1.53 bits per heavy atom. The molecule has 4 aromatic carbocycles. The number of benzene rings is 4. The summed E-state index contributed by atoms with van der Waals surface area (Å²) in [5, 5.41) is 4.26. The lowest BCUT2D eigenvalue weighted by Gasteiger charge is -2.30. The van der Waals surface area contributed by atoms with Gasteiger partial charge in [-0.2, -0.15) is 5.10 Å². The van der Waals surface area contributed by atoms with Crippen LogP contribution in [-0.2, 0) is 11.4 Å². The van der Waals surface area contributed by atoms with Crippen LogP contribution >= 0.6 is 11.8 Å². The summed E-state index contributed by atoms with van der Waals surface area (Å²) in [6.45, 7) is 0.583. The van der Waals surface area contributed by atoms with Crippen LogP contribution in [0.2, 0.25) is 0 Å². The van der Waals surface area contributed by atoms with Crippen LogP contribution < -0.4 is 15.1 Å². The monoisotopic (exact) mass is 465 g/mol. The van der Waals surface area contributed by atoms with Gasteiger partial charge in [0.05, 0.1) is 17.6 Å². The van der Waals surface area contributed by atoms with Gasteiger partial charge in [0.25, 0.3) is 5.91 Å². The molecule has 0 spiro atoms. The molecule has 168 valence electrons. The lowest BCUT2D eigenvalue weighted by Crippen LogP contribution is -2.35. The lowest BCUT2D eigenvalue weighted by atomic mass is 10.2. The fourth-order valence-corrected chi connectivity index (χ4v) is 4.77. The number of hydrazone groups is 1. The lowest BCUT2D eigenvalue weighted by molar-refractivity contribution is -0.117. The zero-order chi connectivity index (χ0) is 23.2. The number of nitrogens with zero attached hydrogens (tertiary/aromatic N) is 2. The highest BCUT2D eigenvalue weighted by atomic mass is 32.2. The highest BCUT2D eigenvalue weighted by molar-refractivity contribution is 7.99. The number of carbonyl (C=O) groups is 1. The Hall–Kier alpha value is -4.03. The van der Waals surface area contributed by atoms with E-state index in [0.29, 0.717) is 6.61 Å². The van der Waals surface area contributed by atoms with Crippen LogP contribution in [0.15, 0.2) is 118 Å². The first-order valence-electron chi connectivity index (χ1n) is 11.0. The largest absolute Gasteiger partial charge is 0.489 e. The van der Waals surface area contributed by atoms with E-state index in [1.165, 1.54) is 0 Å². The minimum Gasteiger partial charge on any atom is -0.489 e. The van der Waals surface area contributed by atoms with Crippen molar-refractivity contribution in [3.05, 3.63) is 114 Å². The van der Waals surface area contributed by atoms with E-state index in [1.54, 1.807) is 22.9 Å². The van der Waals surface area contributed by atoms with Crippen molar-refractivity contribution in [1.29, 1.82) is 0 Å². The van der Waals surface area contributed by atoms with Crippen LogP contribution in [0.25, 0.3) is 0 Å². The van der Waals surface area contributed by atoms with E-state index in [4.69, 9.17) is 4.74 Å². The molecule has 0 bridgehead atoms. The third-order valence-electron chi connectivity index (χ3n) is 5.32. The van der Waals surface area contributed by atoms with Crippen molar-refractivity contribution in [3.8, 4) is 5.75 Å². The number of fused-ring (bicyclic) bond motifs is 2. The molecule has 4 aromatic rings. The second kappa shape index (κ2) is 10.3. The van der Waals surface area contributed by atoms with Crippen molar-refractivity contribution >= 4 is 35.3 Å². The standard InChI is InChI=1S/C28H23N3O2S/c32-28(31-24-13-4-6-15-26(24)34-27-16-7-5-14-25(27)31)19-30-29-18-22-11-8-12-23(17-22)33-20-21-9-2-1-3-10-21/h1-18,30H,19-20H2. The van der Waals surface area contributed by atoms with Gasteiger partial charge < -0.3 is 10.2 Å². The number of para-hydroxylation sites is 2. The molecule has 1 heterocycles. The van der Waals surface area contributed by atoms with Crippen LogP contribution in [0.4, 0.5) is 11.4 Å². The first kappa shape index (κ1) is 21.8. The van der Waals surface area contributed by atoms with E-state index in [9.17, 15) is 4.79 Å². The van der Waals surface area contributed by atoms with E-state index in [1.807, 2.05) is 103 Å². The number of anilines is 2. The van der Waals surface area contributed by atoms with Crippen LogP contribution in [0.3, 0.4) is 0 Å². The number of hydrogen-bond donors (Lipinski definition) is 1. The molecule has 0 aromatic heterocycles. The number of rotatable bonds is 7. The predicted molar refractivity (Wildman–Crippen MR) is 137 cm³/mol. The van der Waals surface area contributed by atoms with E-state index in [2.05, 4.69) is 10.5 Å². The highest BCUT2D eigenvalue weighted by Gasteiger charge is 2.27. The maximum Gasteiger partial charge on any atom is 0.252 e. The van der Waals surface area contributed by atoms with E-state index in [0.717, 1.165) is 38.0 Å². The van der Waals surface area contributed by atoms with E-state index < -0.39 is 0 Å². The second-order valence-electron chi connectivity index (χ2n) is 7.71. The maximum absolute atomic E-state index is 13.2. The van der Waals surface area contributed by atoms with Crippen LogP contribution in [0, 0.1) is 0 Å². The zero-order valence-corrected chi connectivity index (χ0v) is 19.2. The molecule has 0 unspecified atom stereocenters. The molecule has 0 aliphatic carbocycles. The third-order valence-corrected chi connectivity index (χ3v) is 6.45. The van der Waals surface area contributed by atoms with Gasteiger partial charge in [0.2, 0.25) is 0 Å². The molecule has 0 saturated carbocycles. The SMILES string of the molecule is O=C(CNN=Cc1cccc(OCc2ccccc2)c1)N1c2ccccc2Sc2ccccc21. The Balaban J connectivity index is 1.22. The summed E-state index contributed by atoms with van der Waals surface area (Å²) in [5.74, 6) is 0.695. The number of nitrogens with one attached hydrogen (secondary N) is 1. The van der Waals surface area contributed by atoms with E-state index >= 15 is 0 Å². The Kier molecular flexibility index (Phi) is 6.59. The quantitative estimate of drug-likeness (QED) is 0.268. The molecule has 0 atom stereocenters. The van der Waals surface area contributed by atoms with Gasteiger partial charge in [-0.15, -0.1) is 0 Å². The number of amides is 1. The summed E-state index contributed by atoms with van der Waals surface area (Å²) < 4.78 is 5.88. The molecular formula is C28H23N3O2S. The van der Waals surface area contributed by atoms with Crippen molar-refractivity contribution in [2.24, 2.45) is 5.10 Å². The van der Waals surface area contributed by atoms with Crippen molar-refractivity contribution in [2.75, 3.05) is 11.4 Å². The molecule has 5 nitrogen and oxygen atoms in total. The maximum atomic E-state index is 13.2. The topological polar surface area (TPSA) is 53.9 Å². The minimum absolute atomic E-state index is 0.0719. The summed E-state index contributed by atoms with van der Waals surface area (Å²) in [5.41, 5.74) is 6.68. The van der Waals surface area contributed by atoms with Gasteiger partial charge in [0, 0.05) is 9.79 Å². The summed E-state index contributed by atoms with van der Waals surface area (Å²) >= 11 is 1.68. The average molecular weight is 466 g/mol. The summed E-state index contributed by atoms with van der Waals surface area (Å²) in [6, 6.07) is 33.6. The molecule has 0 radical (unpaired) electrons. The Morgan fingerprint density at radius 3 is 2.26 bits per heavy atom. The molecule has 34 heavy (non-hydrogen) atoms. The van der Waals surface area contributed by atoms with Gasteiger partial charge in [-0.25, -0.2) is 0 Å². The molecule has 1 aliphatic rings. The number of ether oxygens (including phenoxy) is 1. The summed E-state index contributed by atoms with van der Waals surface area (Å²) in [7, 11) is 0. The predicted octanol–water partition coefficient (Wildman–Crippen LogP) is 6.02. The minimum atomic E-state index is -0.0719. The normalized spacial score (nSPS) is 12.2. The molecule has 1 aliphatic heterocycles. The Bertz CT molecular complexity index is 1280. The molecule has 0 fully saturated rings. The van der Waals surface area contributed by atoms with Crippen molar-refractivity contribution in [2.45, 2.75) is 16.4 Å². The first-order chi connectivity index (χ1) is 16.8. The van der Waals surface area contributed by atoms with Crippen LogP contribution in [0.1, 0.15) is 11.1 Å². The average Bonchev–Trinajstić information content (AvgIpc) is 2.89. The van der Waals surface area contributed by atoms with Crippen molar-refractivity contribution in [1.82, 2.24) is 5.43 Å². The van der Waals surface area contributed by atoms with Crippen molar-refractivity contribution < 1.29 is 9.53 Å². The van der Waals surface area contributed by atoms with E-state index in [-0.39, 0.29) is 12.5 Å². The van der Waals surface area contributed by atoms with Gasteiger partial charge in [-0.1, -0.05) is 78.5 Å². The summed E-state index contributed by atoms with van der Waals surface area (Å²) in [6.07, 6.45) is 1.69. The van der Waals surface area contributed by atoms with Gasteiger partial charge >= 0.3 is 0 Å². The summed E-state index contributed by atoms with van der Waals surface area (Å²) in [4.78, 5) is 17.1.